The summed E-state index contributed by atoms with van der Waals surface area (Å²) < 4.78 is 50.6. The lowest BCUT2D eigenvalue weighted by atomic mass is 9.85. The highest BCUT2D eigenvalue weighted by Gasteiger charge is 2.23. The van der Waals surface area contributed by atoms with Gasteiger partial charge >= 0.3 is 0 Å². The third-order valence-electron chi connectivity index (χ3n) is 5.56. The molecular formula is C27H17F3O. The summed E-state index contributed by atoms with van der Waals surface area (Å²) in [7, 11) is 1.34. The highest BCUT2D eigenvalue weighted by Crippen LogP contribution is 2.46. The van der Waals surface area contributed by atoms with Crippen LogP contribution in [0, 0.1) is 17.5 Å². The second kappa shape index (κ2) is 7.47. The van der Waals surface area contributed by atoms with E-state index < -0.39 is 17.5 Å². The van der Waals surface area contributed by atoms with Crippen LogP contribution in [0.1, 0.15) is 0 Å². The topological polar surface area (TPSA) is 9.23 Å². The van der Waals surface area contributed by atoms with Crippen LogP contribution in [0.15, 0.2) is 84.9 Å². The molecule has 0 heterocycles. The van der Waals surface area contributed by atoms with E-state index in [9.17, 15) is 0 Å². The van der Waals surface area contributed by atoms with Crippen molar-refractivity contribution >= 4 is 21.5 Å². The third-order valence-corrected chi connectivity index (χ3v) is 5.56. The van der Waals surface area contributed by atoms with Crippen LogP contribution in [0.3, 0.4) is 0 Å². The van der Waals surface area contributed by atoms with E-state index in [4.69, 9.17) is 4.74 Å². The van der Waals surface area contributed by atoms with Gasteiger partial charge in [-0.15, -0.1) is 0 Å². The fraction of sp³-hybridized carbons (Fsp3) is 0.0370. The van der Waals surface area contributed by atoms with E-state index in [1.165, 1.54) is 13.2 Å². The molecule has 0 aromatic heterocycles. The molecule has 31 heavy (non-hydrogen) atoms. The van der Waals surface area contributed by atoms with E-state index in [-0.39, 0.29) is 22.3 Å². The number of methoxy groups -OCH3 is 1. The molecule has 1 nitrogen and oxygen atoms in total. The number of halogens is 3. The smallest absolute Gasteiger partial charge is 0.137 e. The Morgan fingerprint density at radius 2 is 1.13 bits per heavy atom. The maximum Gasteiger partial charge on any atom is 0.137 e. The summed E-state index contributed by atoms with van der Waals surface area (Å²) in [5.74, 6) is -2.09. The van der Waals surface area contributed by atoms with E-state index in [1.807, 2.05) is 42.5 Å². The molecule has 0 spiro atoms. The predicted octanol–water partition coefficient (Wildman–Crippen LogP) is 7.75. The molecule has 0 N–H and O–H groups in total. The average molecular weight is 414 g/mol. The fourth-order valence-corrected chi connectivity index (χ4v) is 4.27. The number of rotatable bonds is 3. The molecule has 0 aliphatic heterocycles. The lowest BCUT2D eigenvalue weighted by Crippen LogP contribution is -1.98. The Kier molecular flexibility index (Phi) is 4.63. The summed E-state index contributed by atoms with van der Waals surface area (Å²) in [6.07, 6.45) is 0. The molecule has 0 bridgehead atoms. The molecule has 0 radical (unpaired) electrons. The molecule has 0 saturated carbocycles. The van der Waals surface area contributed by atoms with Gasteiger partial charge < -0.3 is 4.74 Å². The molecule has 0 amide bonds. The first-order valence-corrected chi connectivity index (χ1v) is 9.82. The molecule has 0 aliphatic rings. The number of hydrogen-bond donors (Lipinski definition) is 0. The van der Waals surface area contributed by atoms with Gasteiger partial charge in [-0.2, -0.15) is 0 Å². The number of ether oxygens (including phenoxy) is 1. The number of benzene rings is 5. The minimum atomic E-state index is -0.806. The van der Waals surface area contributed by atoms with Crippen LogP contribution < -0.4 is 4.74 Å². The van der Waals surface area contributed by atoms with Gasteiger partial charge in [0.2, 0.25) is 0 Å². The Morgan fingerprint density at radius 3 is 1.77 bits per heavy atom. The van der Waals surface area contributed by atoms with Crippen molar-refractivity contribution in [2.75, 3.05) is 7.11 Å². The molecular weight excluding hydrogens is 397 g/mol. The second-order valence-electron chi connectivity index (χ2n) is 7.29. The van der Waals surface area contributed by atoms with Gasteiger partial charge in [0, 0.05) is 23.1 Å². The lowest BCUT2D eigenvalue weighted by molar-refractivity contribution is 0.407. The SMILES string of the molecule is COc1cc(F)c(-c2c3ccccc3c(-c3ccccc3)c3cccc(F)c23)c(F)c1. The Morgan fingerprint density at radius 1 is 0.548 bits per heavy atom. The van der Waals surface area contributed by atoms with Gasteiger partial charge in [-0.25, -0.2) is 13.2 Å². The van der Waals surface area contributed by atoms with Crippen molar-refractivity contribution in [1.82, 2.24) is 0 Å². The summed E-state index contributed by atoms with van der Waals surface area (Å²) >= 11 is 0. The summed E-state index contributed by atoms with van der Waals surface area (Å²) in [6, 6.07) is 23.9. The minimum absolute atomic E-state index is 0.0636. The average Bonchev–Trinajstić information content (AvgIpc) is 2.78. The Hall–Kier alpha value is -3.79. The first kappa shape index (κ1) is 19.2. The van der Waals surface area contributed by atoms with Crippen LogP contribution in [0.5, 0.6) is 5.75 Å². The Balaban J connectivity index is 2.03. The van der Waals surface area contributed by atoms with E-state index in [2.05, 4.69) is 0 Å². The van der Waals surface area contributed by atoms with Gasteiger partial charge in [0.15, 0.2) is 0 Å². The molecule has 5 aromatic rings. The van der Waals surface area contributed by atoms with Crippen molar-refractivity contribution in [1.29, 1.82) is 0 Å². The zero-order valence-corrected chi connectivity index (χ0v) is 16.6. The van der Waals surface area contributed by atoms with Gasteiger partial charge in [0.05, 0.1) is 12.7 Å². The van der Waals surface area contributed by atoms with Gasteiger partial charge in [-0.3, -0.25) is 0 Å². The predicted molar refractivity (Wildman–Crippen MR) is 119 cm³/mol. The van der Waals surface area contributed by atoms with Crippen molar-refractivity contribution in [2.45, 2.75) is 0 Å². The minimum Gasteiger partial charge on any atom is -0.497 e. The zero-order valence-electron chi connectivity index (χ0n) is 16.6. The number of hydrogen-bond acceptors (Lipinski definition) is 1. The molecule has 0 atom stereocenters. The molecule has 0 fully saturated rings. The van der Waals surface area contributed by atoms with Crippen LogP contribution in [-0.2, 0) is 0 Å². The third kappa shape index (κ3) is 3.03. The Bertz CT molecular complexity index is 1420. The fourth-order valence-electron chi connectivity index (χ4n) is 4.27. The first-order chi connectivity index (χ1) is 15.1. The van der Waals surface area contributed by atoms with Crippen LogP contribution in [0.4, 0.5) is 13.2 Å². The van der Waals surface area contributed by atoms with E-state index >= 15 is 13.2 Å². The van der Waals surface area contributed by atoms with E-state index in [1.54, 1.807) is 24.3 Å². The molecule has 0 aliphatic carbocycles. The summed E-state index contributed by atoms with van der Waals surface area (Å²) in [5, 5.41) is 2.14. The summed E-state index contributed by atoms with van der Waals surface area (Å²) in [5.41, 5.74) is 1.65. The van der Waals surface area contributed by atoms with Gasteiger partial charge in [-0.05, 0) is 33.4 Å². The van der Waals surface area contributed by atoms with Crippen molar-refractivity contribution in [3.8, 4) is 28.0 Å². The summed E-state index contributed by atoms with van der Waals surface area (Å²) in [6.45, 7) is 0. The van der Waals surface area contributed by atoms with Gasteiger partial charge in [0.25, 0.3) is 0 Å². The second-order valence-corrected chi connectivity index (χ2v) is 7.29. The molecule has 5 rings (SSSR count). The molecule has 4 heteroatoms. The largest absolute Gasteiger partial charge is 0.497 e. The molecule has 0 saturated heterocycles. The highest BCUT2D eigenvalue weighted by molar-refractivity contribution is 6.21. The summed E-state index contributed by atoms with van der Waals surface area (Å²) in [4.78, 5) is 0. The first-order valence-electron chi connectivity index (χ1n) is 9.82. The molecule has 152 valence electrons. The number of fused-ring (bicyclic) bond motifs is 2. The molecule has 0 unspecified atom stereocenters. The van der Waals surface area contributed by atoms with E-state index in [0.717, 1.165) is 28.6 Å². The van der Waals surface area contributed by atoms with Gasteiger partial charge in [-0.1, -0.05) is 66.7 Å². The van der Waals surface area contributed by atoms with Gasteiger partial charge in [0.1, 0.15) is 23.2 Å². The highest BCUT2D eigenvalue weighted by atomic mass is 19.1. The normalized spacial score (nSPS) is 11.2. The maximum atomic E-state index is 15.3. The van der Waals surface area contributed by atoms with Crippen LogP contribution >= 0.6 is 0 Å². The molecule has 5 aromatic carbocycles. The van der Waals surface area contributed by atoms with E-state index in [0.29, 0.717) is 10.8 Å². The van der Waals surface area contributed by atoms with Crippen molar-refractivity contribution in [3.05, 3.63) is 102 Å². The standard InChI is InChI=1S/C27H17F3O/c1-31-17-14-22(29)27(23(30)15-17)26-19-11-6-5-10-18(19)24(16-8-3-2-4-9-16)20-12-7-13-21(28)25(20)26/h2-15H,1H3. The van der Waals surface area contributed by atoms with Crippen molar-refractivity contribution in [3.63, 3.8) is 0 Å². The zero-order chi connectivity index (χ0) is 21.5. The van der Waals surface area contributed by atoms with Crippen LogP contribution in [0.2, 0.25) is 0 Å². The van der Waals surface area contributed by atoms with Crippen molar-refractivity contribution in [2.24, 2.45) is 0 Å². The van der Waals surface area contributed by atoms with Crippen LogP contribution in [-0.4, -0.2) is 7.11 Å². The maximum absolute atomic E-state index is 15.3. The lowest BCUT2D eigenvalue weighted by Gasteiger charge is -2.19. The monoisotopic (exact) mass is 414 g/mol. The quantitative estimate of drug-likeness (QED) is 0.274. The van der Waals surface area contributed by atoms with Crippen LogP contribution in [0.25, 0.3) is 43.8 Å². The van der Waals surface area contributed by atoms with Crippen molar-refractivity contribution < 1.29 is 17.9 Å². The Labute approximate surface area is 177 Å².